The summed E-state index contributed by atoms with van der Waals surface area (Å²) in [6, 6.07) is 8.21. The number of hydrogen-bond acceptors (Lipinski definition) is 6. The van der Waals surface area contributed by atoms with Gasteiger partial charge in [-0.15, -0.1) is 0 Å². The van der Waals surface area contributed by atoms with Crippen molar-refractivity contribution in [2.75, 3.05) is 7.11 Å². The van der Waals surface area contributed by atoms with Gasteiger partial charge in [0, 0.05) is 11.1 Å². The van der Waals surface area contributed by atoms with Crippen LogP contribution >= 0.6 is 0 Å². The summed E-state index contributed by atoms with van der Waals surface area (Å²) >= 11 is 0. The Morgan fingerprint density at radius 1 is 1.21 bits per heavy atom. The molecule has 6 nitrogen and oxygen atoms in total. The molecule has 0 radical (unpaired) electrons. The van der Waals surface area contributed by atoms with Crippen molar-refractivity contribution in [2.45, 2.75) is 51.6 Å². The molecule has 0 aromatic heterocycles. The van der Waals surface area contributed by atoms with E-state index in [1.54, 1.807) is 18.2 Å². The molecule has 6 heteroatoms. The van der Waals surface area contributed by atoms with E-state index < -0.39 is 11.9 Å². The molecule has 150 valence electrons. The molecule has 1 aliphatic rings. The number of aryl methyl sites for hydroxylation is 1. The standard InChI is InChI=1S/C22H26O6/c1-22(2)7-6-13-8-14(4-5-18(13)28-22)20(25)21(26)15-9-16(11-23)17(12-24)19(10-15)27-3/h4-5,8-10,21,23-24,26H,6-7,11-12H2,1-3H3. The molecule has 1 heterocycles. The first-order valence-corrected chi connectivity index (χ1v) is 9.25. The van der Waals surface area contributed by atoms with Gasteiger partial charge in [0.05, 0.1) is 20.3 Å². The number of carbonyl (C=O) groups excluding carboxylic acids is 1. The molecule has 0 aliphatic carbocycles. The zero-order valence-corrected chi connectivity index (χ0v) is 16.4. The van der Waals surface area contributed by atoms with Gasteiger partial charge in [0.1, 0.15) is 23.2 Å². The molecule has 0 spiro atoms. The van der Waals surface area contributed by atoms with Crippen LogP contribution in [0.3, 0.4) is 0 Å². The molecule has 0 fully saturated rings. The zero-order valence-electron chi connectivity index (χ0n) is 16.4. The quantitative estimate of drug-likeness (QED) is 0.661. The SMILES string of the molecule is COc1cc(C(O)C(=O)c2ccc3c(c2)CCC(C)(C)O3)cc(CO)c1CO. The smallest absolute Gasteiger partial charge is 0.195 e. The van der Waals surface area contributed by atoms with Crippen LogP contribution in [-0.4, -0.2) is 33.8 Å². The maximum atomic E-state index is 12.9. The maximum absolute atomic E-state index is 12.9. The van der Waals surface area contributed by atoms with Gasteiger partial charge in [-0.3, -0.25) is 4.79 Å². The minimum atomic E-state index is -1.41. The van der Waals surface area contributed by atoms with Crippen LogP contribution in [0, 0.1) is 0 Å². The lowest BCUT2D eigenvalue weighted by molar-refractivity contribution is 0.0744. The molecule has 2 aromatic rings. The fourth-order valence-electron chi connectivity index (χ4n) is 3.51. The van der Waals surface area contributed by atoms with E-state index in [9.17, 15) is 20.1 Å². The Balaban J connectivity index is 1.91. The van der Waals surface area contributed by atoms with E-state index >= 15 is 0 Å². The van der Waals surface area contributed by atoms with Crippen LogP contribution in [-0.2, 0) is 19.6 Å². The Labute approximate surface area is 164 Å². The summed E-state index contributed by atoms with van der Waals surface area (Å²) in [5.74, 6) is 0.631. The van der Waals surface area contributed by atoms with Gasteiger partial charge in [0.2, 0.25) is 0 Å². The highest BCUT2D eigenvalue weighted by Gasteiger charge is 2.28. The Morgan fingerprint density at radius 2 is 1.96 bits per heavy atom. The number of carbonyl (C=O) groups is 1. The van der Waals surface area contributed by atoms with E-state index in [4.69, 9.17) is 9.47 Å². The van der Waals surface area contributed by atoms with Crippen LogP contribution in [0.25, 0.3) is 0 Å². The van der Waals surface area contributed by atoms with Gasteiger partial charge < -0.3 is 24.8 Å². The highest BCUT2D eigenvalue weighted by Crippen LogP contribution is 2.35. The van der Waals surface area contributed by atoms with E-state index in [2.05, 4.69) is 0 Å². The number of fused-ring (bicyclic) bond motifs is 1. The topological polar surface area (TPSA) is 96.2 Å². The zero-order chi connectivity index (χ0) is 20.5. The molecule has 0 amide bonds. The minimum absolute atomic E-state index is 0.232. The van der Waals surface area contributed by atoms with Crippen LogP contribution in [0.5, 0.6) is 11.5 Å². The average molecular weight is 386 g/mol. The Kier molecular flexibility index (Phi) is 5.74. The van der Waals surface area contributed by atoms with Gasteiger partial charge in [0.25, 0.3) is 0 Å². The molecule has 1 aliphatic heterocycles. The Morgan fingerprint density at radius 3 is 2.61 bits per heavy atom. The molecule has 0 saturated heterocycles. The van der Waals surface area contributed by atoms with Crippen LogP contribution in [0.1, 0.15) is 59.0 Å². The number of hydrogen-bond donors (Lipinski definition) is 3. The lowest BCUT2D eigenvalue weighted by atomic mass is 9.91. The first-order valence-electron chi connectivity index (χ1n) is 9.25. The van der Waals surface area contributed by atoms with Gasteiger partial charge in [-0.25, -0.2) is 0 Å². The summed E-state index contributed by atoms with van der Waals surface area (Å²) in [5.41, 5.74) is 2.25. The van der Waals surface area contributed by atoms with E-state index in [1.807, 2.05) is 13.8 Å². The third-order valence-electron chi connectivity index (χ3n) is 5.16. The van der Waals surface area contributed by atoms with Crippen molar-refractivity contribution >= 4 is 5.78 Å². The van der Waals surface area contributed by atoms with Crippen LogP contribution in [0.2, 0.25) is 0 Å². The molecule has 3 rings (SSSR count). The first kappa shape index (κ1) is 20.3. The van der Waals surface area contributed by atoms with Crippen molar-refractivity contribution in [3.63, 3.8) is 0 Å². The number of aliphatic hydroxyl groups excluding tert-OH is 3. The fourth-order valence-corrected chi connectivity index (χ4v) is 3.51. The average Bonchev–Trinajstić information content (AvgIpc) is 2.70. The van der Waals surface area contributed by atoms with Crippen LogP contribution in [0.4, 0.5) is 0 Å². The largest absolute Gasteiger partial charge is 0.496 e. The molecule has 2 aromatic carbocycles. The monoisotopic (exact) mass is 386 g/mol. The van der Waals surface area contributed by atoms with Gasteiger partial charge >= 0.3 is 0 Å². The maximum Gasteiger partial charge on any atom is 0.195 e. The lowest BCUT2D eigenvalue weighted by Gasteiger charge is -2.32. The highest BCUT2D eigenvalue weighted by molar-refractivity contribution is 6.00. The number of aliphatic hydroxyl groups is 3. The van der Waals surface area contributed by atoms with Crippen molar-refractivity contribution in [1.29, 1.82) is 0 Å². The third kappa shape index (κ3) is 3.90. The second kappa shape index (κ2) is 7.91. The predicted molar refractivity (Wildman–Crippen MR) is 104 cm³/mol. The van der Waals surface area contributed by atoms with Gasteiger partial charge in [-0.05, 0) is 73.7 Å². The Bertz CT molecular complexity index is 862. The molecule has 3 N–H and O–H groups in total. The molecule has 0 saturated carbocycles. The van der Waals surface area contributed by atoms with Crippen molar-refractivity contribution < 1.29 is 29.6 Å². The van der Waals surface area contributed by atoms with Crippen LogP contribution in [0.15, 0.2) is 30.3 Å². The summed E-state index contributed by atoms with van der Waals surface area (Å²) in [6.07, 6.45) is 0.235. The molecular formula is C22H26O6. The molecule has 0 bridgehead atoms. The molecule has 28 heavy (non-hydrogen) atoms. The summed E-state index contributed by atoms with van der Waals surface area (Å²) in [5, 5.41) is 29.7. The Hall–Kier alpha value is -2.41. The van der Waals surface area contributed by atoms with E-state index in [1.165, 1.54) is 19.2 Å². The van der Waals surface area contributed by atoms with E-state index in [0.717, 1.165) is 24.2 Å². The lowest BCUT2D eigenvalue weighted by Crippen LogP contribution is -2.32. The molecule has 1 unspecified atom stereocenters. The first-order chi connectivity index (χ1) is 13.3. The van der Waals surface area contributed by atoms with Gasteiger partial charge in [0.15, 0.2) is 5.78 Å². The third-order valence-corrected chi connectivity index (χ3v) is 5.16. The van der Waals surface area contributed by atoms with Gasteiger partial charge in [-0.1, -0.05) is 0 Å². The number of ketones is 1. The summed E-state index contributed by atoms with van der Waals surface area (Å²) < 4.78 is 11.2. The molecular weight excluding hydrogens is 360 g/mol. The number of methoxy groups -OCH3 is 1. The predicted octanol–water partition coefficient (Wildman–Crippen LogP) is 2.70. The summed E-state index contributed by atoms with van der Waals surface area (Å²) in [4.78, 5) is 12.9. The number of ether oxygens (including phenoxy) is 2. The van der Waals surface area contributed by atoms with E-state index in [-0.39, 0.29) is 18.8 Å². The number of benzene rings is 2. The second-order valence-corrected chi connectivity index (χ2v) is 7.63. The summed E-state index contributed by atoms with van der Waals surface area (Å²) in [7, 11) is 1.43. The van der Waals surface area contributed by atoms with E-state index in [0.29, 0.717) is 28.0 Å². The fraction of sp³-hybridized carbons (Fsp3) is 0.409. The second-order valence-electron chi connectivity index (χ2n) is 7.63. The van der Waals surface area contributed by atoms with Crippen molar-refractivity contribution in [3.8, 4) is 11.5 Å². The van der Waals surface area contributed by atoms with Crippen molar-refractivity contribution in [3.05, 3.63) is 58.1 Å². The number of rotatable bonds is 6. The van der Waals surface area contributed by atoms with Crippen molar-refractivity contribution in [2.24, 2.45) is 0 Å². The molecule has 1 atom stereocenters. The number of Topliss-reactive ketones (excluding diaryl/α,β-unsaturated/α-hetero) is 1. The minimum Gasteiger partial charge on any atom is -0.496 e. The summed E-state index contributed by atoms with van der Waals surface area (Å²) in [6.45, 7) is 3.40. The normalized spacial score (nSPS) is 16.1. The highest BCUT2D eigenvalue weighted by atomic mass is 16.5. The van der Waals surface area contributed by atoms with Gasteiger partial charge in [-0.2, -0.15) is 0 Å². The van der Waals surface area contributed by atoms with Crippen molar-refractivity contribution in [1.82, 2.24) is 0 Å². The van der Waals surface area contributed by atoms with Crippen LogP contribution < -0.4 is 9.47 Å².